The van der Waals surface area contributed by atoms with Crippen molar-refractivity contribution in [1.29, 1.82) is 0 Å². The van der Waals surface area contributed by atoms with Crippen molar-refractivity contribution in [3.63, 3.8) is 0 Å². The van der Waals surface area contributed by atoms with Crippen LogP contribution in [0.4, 0.5) is 0 Å². The Morgan fingerprint density at radius 1 is 1.35 bits per heavy atom. The lowest BCUT2D eigenvalue weighted by Gasteiger charge is -2.18. The zero-order chi connectivity index (χ0) is 16.7. The lowest BCUT2D eigenvalue weighted by atomic mass is 10.1. The van der Waals surface area contributed by atoms with Gasteiger partial charge in [0, 0.05) is 24.5 Å². The molecule has 0 bridgehead atoms. The van der Waals surface area contributed by atoms with Gasteiger partial charge in [-0.25, -0.2) is 0 Å². The molecule has 5 heteroatoms. The monoisotopic (exact) mass is 331 g/mol. The average molecular weight is 331 g/mol. The Morgan fingerprint density at radius 2 is 2.09 bits per heavy atom. The van der Waals surface area contributed by atoms with E-state index in [1.54, 1.807) is 18.0 Å². The zero-order valence-corrected chi connectivity index (χ0v) is 13.9. The highest BCUT2D eigenvalue weighted by Crippen LogP contribution is 2.17. The summed E-state index contributed by atoms with van der Waals surface area (Å²) in [6, 6.07) is 11.3. The number of aliphatic hydroxyl groups excluding tert-OH is 2. The van der Waals surface area contributed by atoms with Crippen LogP contribution in [0.3, 0.4) is 0 Å². The molecule has 0 saturated carbocycles. The SMILES string of the molecule is CN(CCC(O)c1ccccc1)C(=O)C=Cc1cc(CO)cs1. The molecule has 2 N–H and O–H groups in total. The molecule has 1 heterocycles. The number of benzene rings is 1. The van der Waals surface area contributed by atoms with Crippen molar-refractivity contribution >= 4 is 23.3 Å². The molecule has 1 atom stereocenters. The standard InChI is InChI=1S/C18H21NO3S/c1-19(10-9-17(21)15-5-3-2-4-6-15)18(22)8-7-16-11-14(12-20)13-23-16/h2-8,11,13,17,20-21H,9-10,12H2,1H3. The molecule has 0 saturated heterocycles. The highest BCUT2D eigenvalue weighted by molar-refractivity contribution is 7.11. The molecule has 0 radical (unpaired) electrons. The van der Waals surface area contributed by atoms with Gasteiger partial charge in [0.25, 0.3) is 0 Å². The number of amides is 1. The van der Waals surface area contributed by atoms with E-state index in [-0.39, 0.29) is 12.5 Å². The first-order chi connectivity index (χ1) is 11.1. The smallest absolute Gasteiger partial charge is 0.246 e. The van der Waals surface area contributed by atoms with E-state index in [1.165, 1.54) is 17.4 Å². The second-order valence-electron chi connectivity index (χ2n) is 5.32. The number of nitrogens with zero attached hydrogens (tertiary/aromatic N) is 1. The van der Waals surface area contributed by atoms with Crippen molar-refractivity contribution in [2.45, 2.75) is 19.1 Å². The van der Waals surface area contributed by atoms with E-state index < -0.39 is 6.10 Å². The molecule has 2 aromatic rings. The highest BCUT2D eigenvalue weighted by Gasteiger charge is 2.10. The Labute approximate surface area is 140 Å². The lowest BCUT2D eigenvalue weighted by molar-refractivity contribution is -0.125. The minimum atomic E-state index is -0.570. The van der Waals surface area contributed by atoms with E-state index in [9.17, 15) is 9.90 Å². The zero-order valence-electron chi connectivity index (χ0n) is 13.1. The summed E-state index contributed by atoms with van der Waals surface area (Å²) >= 11 is 1.49. The third kappa shape index (κ3) is 5.32. The number of carbonyl (C=O) groups excluding carboxylic acids is 1. The molecule has 122 valence electrons. The van der Waals surface area contributed by atoms with Crippen LogP contribution in [0.25, 0.3) is 6.08 Å². The maximum Gasteiger partial charge on any atom is 0.246 e. The quantitative estimate of drug-likeness (QED) is 0.767. The molecule has 2 rings (SSSR count). The molecule has 1 aromatic carbocycles. The van der Waals surface area contributed by atoms with E-state index in [4.69, 9.17) is 5.11 Å². The minimum Gasteiger partial charge on any atom is -0.392 e. The van der Waals surface area contributed by atoms with Crippen molar-refractivity contribution in [2.75, 3.05) is 13.6 Å². The first-order valence-corrected chi connectivity index (χ1v) is 8.32. The molecule has 0 spiro atoms. The number of carbonyl (C=O) groups is 1. The first-order valence-electron chi connectivity index (χ1n) is 7.44. The van der Waals surface area contributed by atoms with Gasteiger partial charge >= 0.3 is 0 Å². The van der Waals surface area contributed by atoms with Crippen LogP contribution in [0.15, 0.2) is 47.9 Å². The van der Waals surface area contributed by atoms with Gasteiger partial charge in [0.2, 0.25) is 5.91 Å². The average Bonchev–Trinajstić information content (AvgIpc) is 3.06. The molecule has 23 heavy (non-hydrogen) atoms. The molecular formula is C18H21NO3S. The maximum atomic E-state index is 12.1. The molecule has 0 aliphatic heterocycles. The molecule has 0 aliphatic carbocycles. The number of aliphatic hydroxyl groups is 2. The third-order valence-electron chi connectivity index (χ3n) is 3.55. The molecule has 1 amide bonds. The summed E-state index contributed by atoms with van der Waals surface area (Å²) in [5.74, 6) is -0.107. The van der Waals surface area contributed by atoms with Gasteiger partial charge in [-0.05, 0) is 35.1 Å². The largest absolute Gasteiger partial charge is 0.392 e. The van der Waals surface area contributed by atoms with E-state index in [0.717, 1.165) is 16.0 Å². The Balaban J connectivity index is 1.82. The Kier molecular flexibility index (Phi) is 6.52. The van der Waals surface area contributed by atoms with Crippen LogP contribution < -0.4 is 0 Å². The number of thiophene rings is 1. The predicted molar refractivity (Wildman–Crippen MR) is 92.9 cm³/mol. The van der Waals surface area contributed by atoms with Crippen molar-refractivity contribution < 1.29 is 15.0 Å². The van der Waals surface area contributed by atoms with Crippen LogP contribution >= 0.6 is 11.3 Å². The summed E-state index contributed by atoms with van der Waals surface area (Å²) in [5.41, 5.74) is 1.71. The summed E-state index contributed by atoms with van der Waals surface area (Å²) in [6.45, 7) is 0.487. The van der Waals surface area contributed by atoms with Crippen LogP contribution in [-0.4, -0.2) is 34.6 Å². The molecule has 4 nitrogen and oxygen atoms in total. The second kappa shape index (κ2) is 8.62. The summed E-state index contributed by atoms with van der Waals surface area (Å²) in [6.07, 6.45) is 3.19. The van der Waals surface area contributed by atoms with Gasteiger partial charge in [-0.3, -0.25) is 4.79 Å². The van der Waals surface area contributed by atoms with Gasteiger partial charge in [0.15, 0.2) is 0 Å². The Hall–Kier alpha value is -1.95. The molecule has 0 fully saturated rings. The molecule has 0 aliphatic rings. The van der Waals surface area contributed by atoms with E-state index in [2.05, 4.69) is 0 Å². The molecule has 1 aromatic heterocycles. The summed E-state index contributed by atoms with van der Waals surface area (Å²) < 4.78 is 0. The number of rotatable bonds is 7. The van der Waals surface area contributed by atoms with Gasteiger partial charge in [-0.15, -0.1) is 11.3 Å². The molecule has 1 unspecified atom stereocenters. The van der Waals surface area contributed by atoms with Crippen LogP contribution in [0.5, 0.6) is 0 Å². The van der Waals surface area contributed by atoms with Gasteiger partial charge in [-0.1, -0.05) is 30.3 Å². The summed E-state index contributed by atoms with van der Waals surface area (Å²) in [5, 5.41) is 21.0. The normalized spacial score (nSPS) is 12.5. The van der Waals surface area contributed by atoms with Crippen molar-refractivity contribution in [3.05, 3.63) is 63.9 Å². The van der Waals surface area contributed by atoms with Crippen LogP contribution in [0, 0.1) is 0 Å². The van der Waals surface area contributed by atoms with Crippen LogP contribution in [0.1, 0.15) is 28.5 Å². The van der Waals surface area contributed by atoms with Crippen molar-refractivity contribution in [1.82, 2.24) is 4.90 Å². The van der Waals surface area contributed by atoms with Crippen LogP contribution in [-0.2, 0) is 11.4 Å². The van der Waals surface area contributed by atoms with E-state index >= 15 is 0 Å². The van der Waals surface area contributed by atoms with Gasteiger partial charge in [-0.2, -0.15) is 0 Å². The summed E-state index contributed by atoms with van der Waals surface area (Å²) in [4.78, 5) is 14.6. The van der Waals surface area contributed by atoms with Crippen molar-refractivity contribution in [3.8, 4) is 0 Å². The molecular weight excluding hydrogens is 310 g/mol. The predicted octanol–water partition coefficient (Wildman–Crippen LogP) is 2.84. The Bertz CT molecular complexity index is 651. The highest BCUT2D eigenvalue weighted by atomic mass is 32.1. The fourth-order valence-electron chi connectivity index (χ4n) is 2.11. The maximum absolute atomic E-state index is 12.1. The minimum absolute atomic E-state index is 0.00949. The van der Waals surface area contributed by atoms with E-state index in [0.29, 0.717) is 13.0 Å². The van der Waals surface area contributed by atoms with Crippen molar-refractivity contribution in [2.24, 2.45) is 0 Å². The van der Waals surface area contributed by atoms with Gasteiger partial charge in [0.05, 0.1) is 12.7 Å². The van der Waals surface area contributed by atoms with Crippen LogP contribution in [0.2, 0.25) is 0 Å². The second-order valence-corrected chi connectivity index (χ2v) is 6.27. The fraction of sp³-hybridized carbons (Fsp3) is 0.278. The third-order valence-corrected chi connectivity index (χ3v) is 4.49. The number of hydrogen-bond donors (Lipinski definition) is 2. The number of hydrogen-bond acceptors (Lipinski definition) is 4. The lowest BCUT2D eigenvalue weighted by Crippen LogP contribution is -2.26. The fourth-order valence-corrected chi connectivity index (χ4v) is 2.91. The van der Waals surface area contributed by atoms with E-state index in [1.807, 2.05) is 41.8 Å². The Morgan fingerprint density at radius 3 is 2.74 bits per heavy atom. The van der Waals surface area contributed by atoms with Gasteiger partial charge < -0.3 is 15.1 Å². The van der Waals surface area contributed by atoms with Gasteiger partial charge in [0.1, 0.15) is 0 Å². The number of likely N-dealkylation sites (N-methyl/N-ethyl adjacent to an activating group) is 1. The summed E-state index contributed by atoms with van der Waals surface area (Å²) in [7, 11) is 1.72. The topological polar surface area (TPSA) is 60.8 Å². The first kappa shape index (κ1) is 17.4.